The van der Waals surface area contributed by atoms with Crippen LogP contribution in [0.2, 0.25) is 0 Å². The Morgan fingerprint density at radius 1 is 0.913 bits per heavy atom. The van der Waals surface area contributed by atoms with E-state index in [4.69, 9.17) is 4.52 Å². The van der Waals surface area contributed by atoms with E-state index in [9.17, 15) is 0 Å². The summed E-state index contributed by atoms with van der Waals surface area (Å²) in [6.07, 6.45) is 0. The molecule has 0 fully saturated rings. The van der Waals surface area contributed by atoms with Crippen molar-refractivity contribution in [2.24, 2.45) is 0 Å². The maximum Gasteiger partial charge on any atom is 0.280 e. The van der Waals surface area contributed by atoms with Crippen LogP contribution in [-0.2, 0) is 0 Å². The summed E-state index contributed by atoms with van der Waals surface area (Å²) >= 11 is 0. The van der Waals surface area contributed by atoms with Crippen LogP contribution in [0.25, 0.3) is 28.7 Å². The van der Waals surface area contributed by atoms with Crippen LogP contribution in [0.3, 0.4) is 0 Å². The molecule has 4 aromatic rings. The van der Waals surface area contributed by atoms with E-state index in [1.165, 1.54) is 0 Å². The first-order valence-corrected chi connectivity index (χ1v) is 7.20. The van der Waals surface area contributed by atoms with Gasteiger partial charge in [0.15, 0.2) is 5.69 Å². The van der Waals surface area contributed by atoms with E-state index < -0.39 is 0 Å². The zero-order valence-corrected chi connectivity index (χ0v) is 12.4. The van der Waals surface area contributed by atoms with Gasteiger partial charge in [-0.3, -0.25) is 0 Å². The first kappa shape index (κ1) is 13.4. The lowest BCUT2D eigenvalue weighted by atomic mass is 10.2. The van der Waals surface area contributed by atoms with Crippen molar-refractivity contribution < 1.29 is 4.52 Å². The van der Waals surface area contributed by atoms with Crippen LogP contribution >= 0.6 is 0 Å². The first-order valence-electron chi connectivity index (χ1n) is 7.20. The Morgan fingerprint density at radius 2 is 1.61 bits per heavy atom. The van der Waals surface area contributed by atoms with Gasteiger partial charge >= 0.3 is 0 Å². The van der Waals surface area contributed by atoms with E-state index in [1.54, 1.807) is 4.68 Å². The van der Waals surface area contributed by atoms with E-state index in [-0.39, 0.29) is 0 Å². The average Bonchev–Trinajstić information content (AvgIpc) is 3.23. The molecule has 0 aliphatic carbocycles. The largest absolute Gasteiger partial charge is 0.332 e. The highest BCUT2D eigenvalue weighted by atomic mass is 16.5. The maximum absolute atomic E-state index is 5.36. The van der Waals surface area contributed by atoms with Crippen LogP contribution in [0.5, 0.6) is 0 Å². The lowest BCUT2D eigenvalue weighted by Crippen LogP contribution is -1.98. The molecule has 0 radical (unpaired) electrons. The van der Waals surface area contributed by atoms with Gasteiger partial charge in [0.2, 0.25) is 5.82 Å². The molecule has 0 saturated heterocycles. The highest BCUT2D eigenvalue weighted by Crippen LogP contribution is 2.24. The lowest BCUT2D eigenvalue weighted by molar-refractivity contribution is 0.430. The molecule has 0 unspecified atom stereocenters. The molecule has 0 N–H and O–H groups in total. The summed E-state index contributed by atoms with van der Waals surface area (Å²) < 4.78 is 7.11. The Labute approximate surface area is 132 Å². The van der Waals surface area contributed by atoms with Crippen molar-refractivity contribution in [1.29, 1.82) is 0 Å². The van der Waals surface area contributed by atoms with Crippen molar-refractivity contribution in [3.05, 3.63) is 66.4 Å². The Balaban J connectivity index is 1.73. The molecule has 4 rings (SSSR count). The molecule has 0 aliphatic rings. The standard InChI is InChI=1S/C17H13N5O/c1-12-15(19-21-22(12)14-10-6-3-7-11-14)17-18-16(20-23-17)13-8-4-2-5-9-13/h2-11H,1H3. The van der Waals surface area contributed by atoms with Crippen molar-refractivity contribution in [3.8, 4) is 28.7 Å². The molecule has 0 bridgehead atoms. The number of rotatable bonds is 3. The van der Waals surface area contributed by atoms with Gasteiger partial charge in [-0.25, -0.2) is 4.68 Å². The molecule has 6 heteroatoms. The summed E-state index contributed by atoms with van der Waals surface area (Å²) in [5.41, 5.74) is 3.27. The number of hydrogen-bond donors (Lipinski definition) is 0. The highest BCUT2D eigenvalue weighted by molar-refractivity contribution is 5.58. The third-order valence-corrected chi connectivity index (χ3v) is 3.56. The molecule has 0 atom stereocenters. The average molecular weight is 303 g/mol. The van der Waals surface area contributed by atoms with Gasteiger partial charge in [0.25, 0.3) is 5.89 Å². The summed E-state index contributed by atoms with van der Waals surface area (Å²) in [4.78, 5) is 4.42. The van der Waals surface area contributed by atoms with Crippen LogP contribution in [0.4, 0.5) is 0 Å². The van der Waals surface area contributed by atoms with Gasteiger partial charge in [-0.1, -0.05) is 58.9 Å². The fourth-order valence-corrected chi connectivity index (χ4v) is 2.37. The summed E-state index contributed by atoms with van der Waals surface area (Å²) in [6, 6.07) is 19.5. The highest BCUT2D eigenvalue weighted by Gasteiger charge is 2.18. The van der Waals surface area contributed by atoms with Crippen LogP contribution in [0.1, 0.15) is 5.69 Å². The van der Waals surface area contributed by atoms with Gasteiger partial charge in [0.05, 0.1) is 11.4 Å². The van der Waals surface area contributed by atoms with Gasteiger partial charge in [-0.2, -0.15) is 4.98 Å². The predicted molar refractivity (Wildman–Crippen MR) is 84.8 cm³/mol. The SMILES string of the molecule is Cc1c(-c2nc(-c3ccccc3)no2)nnn1-c1ccccc1. The van der Waals surface area contributed by atoms with E-state index >= 15 is 0 Å². The normalized spacial score (nSPS) is 10.8. The third kappa shape index (κ3) is 2.40. The van der Waals surface area contributed by atoms with Crippen molar-refractivity contribution in [2.75, 3.05) is 0 Å². The van der Waals surface area contributed by atoms with Crippen molar-refractivity contribution in [2.45, 2.75) is 6.92 Å². The summed E-state index contributed by atoms with van der Waals surface area (Å²) in [7, 11) is 0. The van der Waals surface area contributed by atoms with Crippen LogP contribution in [-0.4, -0.2) is 25.1 Å². The second-order valence-corrected chi connectivity index (χ2v) is 5.06. The van der Waals surface area contributed by atoms with Gasteiger partial charge in [-0.05, 0) is 19.1 Å². The van der Waals surface area contributed by atoms with Gasteiger partial charge in [0, 0.05) is 5.56 Å². The minimum absolute atomic E-state index is 0.364. The molecule has 0 saturated carbocycles. The number of aromatic nitrogens is 5. The Morgan fingerprint density at radius 3 is 2.35 bits per heavy atom. The van der Waals surface area contributed by atoms with Crippen LogP contribution < -0.4 is 0 Å². The Hall–Kier alpha value is -3.28. The summed E-state index contributed by atoms with van der Waals surface area (Å²) in [6.45, 7) is 1.93. The number of benzene rings is 2. The molecule has 112 valence electrons. The van der Waals surface area contributed by atoms with Gasteiger partial charge in [-0.15, -0.1) is 5.10 Å². The molecular weight excluding hydrogens is 290 g/mol. The minimum Gasteiger partial charge on any atom is -0.332 e. The summed E-state index contributed by atoms with van der Waals surface area (Å²) in [5.74, 6) is 0.901. The molecule has 23 heavy (non-hydrogen) atoms. The van der Waals surface area contributed by atoms with E-state index in [0.717, 1.165) is 16.9 Å². The summed E-state index contributed by atoms with van der Waals surface area (Å²) in [5, 5.41) is 12.4. The molecular formula is C17H13N5O. The second kappa shape index (κ2) is 5.49. The quantitative estimate of drug-likeness (QED) is 0.581. The predicted octanol–water partition coefficient (Wildman–Crippen LogP) is 3.29. The molecule has 6 nitrogen and oxygen atoms in total. The van der Waals surface area contributed by atoms with E-state index in [0.29, 0.717) is 17.4 Å². The number of para-hydroxylation sites is 1. The Bertz CT molecular complexity index is 928. The van der Waals surface area contributed by atoms with Crippen molar-refractivity contribution in [1.82, 2.24) is 25.1 Å². The molecule has 0 aliphatic heterocycles. The molecule has 2 heterocycles. The van der Waals surface area contributed by atoms with Crippen molar-refractivity contribution >= 4 is 0 Å². The lowest BCUT2D eigenvalue weighted by Gasteiger charge is -2.01. The second-order valence-electron chi connectivity index (χ2n) is 5.06. The zero-order valence-electron chi connectivity index (χ0n) is 12.4. The molecule has 0 spiro atoms. The fraction of sp³-hybridized carbons (Fsp3) is 0.0588. The fourth-order valence-electron chi connectivity index (χ4n) is 2.37. The number of hydrogen-bond acceptors (Lipinski definition) is 5. The zero-order chi connectivity index (χ0) is 15.6. The molecule has 2 aromatic heterocycles. The molecule has 0 amide bonds. The molecule has 2 aromatic carbocycles. The maximum atomic E-state index is 5.36. The van der Waals surface area contributed by atoms with E-state index in [2.05, 4.69) is 20.5 Å². The minimum atomic E-state index is 0.364. The Kier molecular flexibility index (Phi) is 3.20. The van der Waals surface area contributed by atoms with Gasteiger partial charge in [0.1, 0.15) is 0 Å². The smallest absolute Gasteiger partial charge is 0.280 e. The number of nitrogens with zero attached hydrogens (tertiary/aromatic N) is 5. The van der Waals surface area contributed by atoms with Gasteiger partial charge < -0.3 is 4.52 Å². The first-order chi connectivity index (χ1) is 11.3. The monoisotopic (exact) mass is 303 g/mol. The van der Waals surface area contributed by atoms with Crippen LogP contribution in [0, 0.1) is 6.92 Å². The van der Waals surface area contributed by atoms with E-state index in [1.807, 2.05) is 67.6 Å². The third-order valence-electron chi connectivity index (χ3n) is 3.56. The topological polar surface area (TPSA) is 69.6 Å². The van der Waals surface area contributed by atoms with Crippen LogP contribution in [0.15, 0.2) is 65.2 Å². The van der Waals surface area contributed by atoms with Crippen molar-refractivity contribution in [3.63, 3.8) is 0 Å².